The van der Waals surface area contributed by atoms with Gasteiger partial charge in [-0.1, -0.05) is 107 Å². The first-order valence-electron chi connectivity index (χ1n) is 7.57. The molecule has 0 aliphatic carbocycles. The van der Waals surface area contributed by atoms with Gasteiger partial charge in [0.25, 0.3) is 0 Å². The van der Waals surface area contributed by atoms with E-state index in [1.807, 2.05) is 0 Å². The number of hydrogen-bond donors (Lipinski definition) is 0. The zero-order valence-electron chi connectivity index (χ0n) is 12.2. The van der Waals surface area contributed by atoms with Crippen molar-refractivity contribution in [3.63, 3.8) is 0 Å². The molecule has 0 radical (unpaired) electrons. The Morgan fingerprint density at radius 2 is 1.00 bits per heavy atom. The Labute approximate surface area is 130 Å². The second-order valence-corrected chi connectivity index (χ2v) is 13.1. The number of hydrogen-bond acceptors (Lipinski definition) is 0. The van der Waals surface area contributed by atoms with E-state index in [9.17, 15) is 0 Å². The summed E-state index contributed by atoms with van der Waals surface area (Å²) in [7, 11) is -1.11. The van der Waals surface area contributed by atoms with E-state index in [1.165, 1.54) is 11.6 Å². The summed E-state index contributed by atoms with van der Waals surface area (Å²) in [5.41, 5.74) is 1.51. The Kier molecular flexibility index (Phi) is 4.82. The van der Waals surface area contributed by atoms with Gasteiger partial charge in [-0.3, -0.25) is 0 Å². The van der Waals surface area contributed by atoms with Crippen LogP contribution in [-0.4, -0.2) is 17.4 Å². The van der Waals surface area contributed by atoms with E-state index in [0.717, 1.165) is 0 Å². The number of rotatable bonds is 5. The molecule has 0 atom stereocenters. The van der Waals surface area contributed by atoms with Crippen LogP contribution in [0.15, 0.2) is 91.0 Å². The van der Waals surface area contributed by atoms with Crippen molar-refractivity contribution in [3.05, 3.63) is 96.6 Å². The maximum atomic E-state index is 2.34. The quantitative estimate of drug-likeness (QED) is 0.632. The Hall–Kier alpha value is -1.91. The molecule has 0 nitrogen and oxygen atoms in total. The molecule has 0 N–H and O–H groups in total. The van der Waals surface area contributed by atoms with Gasteiger partial charge >= 0.3 is 0 Å². The van der Waals surface area contributed by atoms with Gasteiger partial charge < -0.3 is 0 Å². The molecule has 3 rings (SSSR count). The Morgan fingerprint density at radius 3 is 1.48 bits per heavy atom. The largest absolute Gasteiger partial charge is 0.0894 e. The van der Waals surface area contributed by atoms with Gasteiger partial charge in [0.1, 0.15) is 0 Å². The van der Waals surface area contributed by atoms with Gasteiger partial charge in [-0.2, -0.15) is 0 Å². The van der Waals surface area contributed by atoms with Crippen LogP contribution >= 0.6 is 0 Å². The van der Waals surface area contributed by atoms with E-state index in [2.05, 4.69) is 91.0 Å². The molecule has 0 saturated heterocycles. The van der Waals surface area contributed by atoms with Crippen molar-refractivity contribution in [1.82, 2.24) is 0 Å². The summed E-state index contributed by atoms with van der Waals surface area (Å²) < 4.78 is 0. The highest BCUT2D eigenvalue weighted by Gasteiger charge is 2.16. The van der Waals surface area contributed by atoms with Gasteiger partial charge in [-0.25, -0.2) is 0 Å². The third kappa shape index (κ3) is 3.81. The van der Waals surface area contributed by atoms with Gasteiger partial charge in [-0.05, 0) is 6.04 Å². The number of benzene rings is 3. The zero-order valence-corrected chi connectivity index (χ0v) is 14.7. The molecule has 0 unspecified atom stereocenters. The van der Waals surface area contributed by atoms with Gasteiger partial charge in [0, 0.05) is 9.04 Å². The summed E-state index contributed by atoms with van der Waals surface area (Å²) in [5.74, 6) is 0. The molecule has 0 bridgehead atoms. The average molecular weight is 305 g/mol. The monoisotopic (exact) mass is 304 g/mol. The third-order valence-corrected chi connectivity index (χ3v) is 13.2. The van der Waals surface area contributed by atoms with Crippen LogP contribution in [0, 0.1) is 0 Å². The maximum Gasteiger partial charge on any atom is 0.0894 e. The Morgan fingerprint density at radius 1 is 0.571 bits per heavy atom. The summed E-state index contributed by atoms with van der Waals surface area (Å²) in [5, 5.41) is 3.21. The lowest BCUT2D eigenvalue weighted by molar-refractivity contribution is 1.40. The maximum absolute atomic E-state index is 2.34. The summed E-state index contributed by atoms with van der Waals surface area (Å²) in [6, 6.07) is 34.6. The van der Waals surface area contributed by atoms with Gasteiger partial charge in [0.2, 0.25) is 0 Å². The SMILES string of the molecule is c1ccc(C[SiH2][SiH](c2ccccc2)c2ccccc2)cc1. The van der Waals surface area contributed by atoms with Crippen molar-refractivity contribution in [2.24, 2.45) is 0 Å². The molecule has 0 heterocycles. The van der Waals surface area contributed by atoms with Crippen molar-refractivity contribution in [2.45, 2.75) is 6.04 Å². The van der Waals surface area contributed by atoms with Crippen LogP contribution < -0.4 is 10.4 Å². The lowest BCUT2D eigenvalue weighted by Gasteiger charge is -2.16. The van der Waals surface area contributed by atoms with E-state index in [-0.39, 0.29) is 9.04 Å². The molecule has 0 fully saturated rings. The lowest BCUT2D eigenvalue weighted by Crippen LogP contribution is -2.48. The standard InChI is InChI=1S/C19H20Si2/c1-4-10-17(11-5-1)16-20-21(18-12-6-2-7-13-18)19-14-8-3-9-15-19/h1-15,21H,16,20H2. The Balaban J connectivity index is 1.83. The smallest absolute Gasteiger partial charge is 0.0632 e. The highest BCUT2D eigenvalue weighted by molar-refractivity contribution is 7.25. The predicted octanol–water partition coefficient (Wildman–Crippen LogP) is 1.89. The second kappa shape index (κ2) is 7.20. The highest BCUT2D eigenvalue weighted by Crippen LogP contribution is 2.00. The molecule has 0 spiro atoms. The fourth-order valence-corrected chi connectivity index (χ4v) is 11.7. The summed E-state index contributed by atoms with van der Waals surface area (Å²) in [6.45, 7) is 0. The van der Waals surface area contributed by atoms with E-state index in [0.29, 0.717) is 0 Å². The molecule has 3 aromatic carbocycles. The second-order valence-electron chi connectivity index (χ2n) is 5.40. The minimum Gasteiger partial charge on any atom is -0.0632 e. The molecule has 2 heteroatoms. The zero-order chi connectivity index (χ0) is 14.3. The molecule has 3 aromatic rings. The predicted molar refractivity (Wildman–Crippen MR) is 98.0 cm³/mol. The van der Waals surface area contributed by atoms with Crippen molar-refractivity contribution in [3.8, 4) is 0 Å². The molecule has 0 aliphatic heterocycles. The van der Waals surface area contributed by atoms with Crippen molar-refractivity contribution >= 4 is 27.7 Å². The molecule has 0 aromatic heterocycles. The van der Waals surface area contributed by atoms with E-state index < -0.39 is 8.31 Å². The Bertz CT molecular complexity index is 611. The van der Waals surface area contributed by atoms with Crippen LogP contribution in [0.1, 0.15) is 5.56 Å². The van der Waals surface area contributed by atoms with Crippen molar-refractivity contribution in [1.29, 1.82) is 0 Å². The van der Waals surface area contributed by atoms with Crippen LogP contribution in [0.3, 0.4) is 0 Å². The first-order chi connectivity index (χ1) is 10.4. The van der Waals surface area contributed by atoms with Crippen LogP contribution in [0.5, 0.6) is 0 Å². The summed E-state index contributed by atoms with van der Waals surface area (Å²) >= 11 is 0. The fourth-order valence-electron chi connectivity index (χ4n) is 2.85. The van der Waals surface area contributed by atoms with Crippen LogP contribution in [-0.2, 0) is 6.04 Å². The van der Waals surface area contributed by atoms with E-state index in [1.54, 1.807) is 10.4 Å². The van der Waals surface area contributed by atoms with Gasteiger partial charge in [0.15, 0.2) is 0 Å². The highest BCUT2D eigenvalue weighted by atomic mass is 29.2. The van der Waals surface area contributed by atoms with Crippen molar-refractivity contribution in [2.75, 3.05) is 0 Å². The molecular weight excluding hydrogens is 284 g/mol. The lowest BCUT2D eigenvalue weighted by atomic mass is 10.2. The molecule has 21 heavy (non-hydrogen) atoms. The van der Waals surface area contributed by atoms with E-state index >= 15 is 0 Å². The third-order valence-electron chi connectivity index (χ3n) is 3.97. The average Bonchev–Trinajstić information content (AvgIpc) is 2.58. The normalized spacial score (nSPS) is 11.3. The molecular formula is C19H20Si2. The molecule has 0 amide bonds. The summed E-state index contributed by atoms with van der Waals surface area (Å²) in [6.07, 6.45) is 0. The molecule has 104 valence electrons. The topological polar surface area (TPSA) is 0 Å². The first kappa shape index (κ1) is 14.0. The first-order valence-corrected chi connectivity index (χ1v) is 13.0. The summed E-state index contributed by atoms with van der Waals surface area (Å²) in [4.78, 5) is 0. The van der Waals surface area contributed by atoms with Crippen LogP contribution in [0.25, 0.3) is 0 Å². The van der Waals surface area contributed by atoms with Crippen LogP contribution in [0.2, 0.25) is 0 Å². The van der Waals surface area contributed by atoms with E-state index in [4.69, 9.17) is 0 Å². The van der Waals surface area contributed by atoms with Gasteiger partial charge in [0.05, 0.1) is 8.31 Å². The fraction of sp³-hybridized carbons (Fsp3) is 0.0526. The van der Waals surface area contributed by atoms with Crippen molar-refractivity contribution < 1.29 is 0 Å². The van der Waals surface area contributed by atoms with Gasteiger partial charge in [-0.15, -0.1) is 0 Å². The molecule has 0 aliphatic rings. The van der Waals surface area contributed by atoms with Crippen LogP contribution in [0.4, 0.5) is 0 Å². The molecule has 0 saturated carbocycles. The minimum atomic E-state index is -0.981. The minimum absolute atomic E-state index is 0.131.